The molecule has 1 fully saturated rings. The van der Waals surface area contributed by atoms with Gasteiger partial charge in [-0.1, -0.05) is 30.3 Å². The number of nitrogens with one attached hydrogen (secondary N) is 2. The number of carboxylic acids is 1. The average Bonchev–Trinajstić information content (AvgIpc) is 2.68. The topological polar surface area (TPSA) is 85.2 Å². The third kappa shape index (κ3) is 4.64. The number of nitrogens with zero attached hydrogens (tertiary/aromatic N) is 1. The second-order valence-electron chi connectivity index (χ2n) is 6.35. The molecule has 1 saturated heterocycles. The normalized spacial score (nSPS) is 19.7. The molecule has 2 atom stereocenters. The molecule has 0 aromatic heterocycles. The van der Waals surface area contributed by atoms with Gasteiger partial charge in [0.2, 0.25) is 0 Å². The number of hydrogen-bond acceptors (Lipinski definition) is 5. The predicted octanol–water partition coefficient (Wildman–Crippen LogP) is 3.13. The summed E-state index contributed by atoms with van der Waals surface area (Å²) >= 11 is 1.48. The lowest BCUT2D eigenvalue weighted by molar-refractivity contribution is -0.143. The quantitative estimate of drug-likeness (QED) is 0.680. The first-order valence-electron chi connectivity index (χ1n) is 8.59. The van der Waals surface area contributed by atoms with Crippen LogP contribution in [-0.4, -0.2) is 24.2 Å². The van der Waals surface area contributed by atoms with Gasteiger partial charge in [-0.15, -0.1) is 0 Å². The molecule has 0 radical (unpaired) electrons. The lowest BCUT2D eigenvalue weighted by Gasteiger charge is -2.29. The highest BCUT2D eigenvalue weighted by Crippen LogP contribution is 2.30. The maximum atomic E-state index is 11.5. The Kier molecular flexibility index (Phi) is 6.29. The van der Waals surface area contributed by atoms with Crippen LogP contribution in [0.2, 0.25) is 0 Å². The van der Waals surface area contributed by atoms with Gasteiger partial charge in [-0.05, 0) is 54.2 Å². The SMILES string of the molecule is N#Cc1cccc(SNCc2cccc(C3CNCCC3C(=O)O)c2)c1. The number of carboxylic acid groups (broad SMARTS) is 1. The Bertz CT molecular complexity index is 819. The van der Waals surface area contributed by atoms with E-state index in [0.717, 1.165) is 22.6 Å². The van der Waals surface area contributed by atoms with Gasteiger partial charge in [0.05, 0.1) is 17.6 Å². The number of benzene rings is 2. The van der Waals surface area contributed by atoms with Gasteiger partial charge in [-0.3, -0.25) is 9.52 Å². The van der Waals surface area contributed by atoms with Crippen molar-refractivity contribution in [2.45, 2.75) is 23.8 Å². The summed E-state index contributed by atoms with van der Waals surface area (Å²) in [7, 11) is 0. The van der Waals surface area contributed by atoms with Crippen LogP contribution in [0.1, 0.15) is 29.0 Å². The van der Waals surface area contributed by atoms with Gasteiger partial charge in [0, 0.05) is 23.9 Å². The zero-order chi connectivity index (χ0) is 18.4. The molecule has 2 unspecified atom stereocenters. The van der Waals surface area contributed by atoms with Gasteiger partial charge in [0.1, 0.15) is 0 Å². The molecule has 5 nitrogen and oxygen atoms in total. The molecule has 0 aliphatic carbocycles. The van der Waals surface area contributed by atoms with E-state index < -0.39 is 5.97 Å². The Morgan fingerprint density at radius 3 is 2.96 bits per heavy atom. The van der Waals surface area contributed by atoms with E-state index in [1.54, 1.807) is 6.07 Å². The van der Waals surface area contributed by atoms with E-state index in [9.17, 15) is 9.90 Å². The van der Waals surface area contributed by atoms with Crippen LogP contribution >= 0.6 is 11.9 Å². The standard InChI is InChI=1S/C20H21N3O2S/c21-11-14-3-2-6-17(10-14)26-23-12-15-4-1-5-16(9-15)19-13-22-8-7-18(19)20(24)25/h1-6,9-10,18-19,22-23H,7-8,12-13H2,(H,24,25). The molecular formula is C20H21N3O2S. The second-order valence-corrected chi connectivity index (χ2v) is 7.32. The van der Waals surface area contributed by atoms with Crippen LogP contribution in [-0.2, 0) is 11.3 Å². The van der Waals surface area contributed by atoms with Crippen molar-refractivity contribution in [3.63, 3.8) is 0 Å². The Morgan fingerprint density at radius 2 is 2.15 bits per heavy atom. The molecule has 26 heavy (non-hydrogen) atoms. The van der Waals surface area contributed by atoms with Crippen LogP contribution in [0.15, 0.2) is 53.4 Å². The number of piperidine rings is 1. The third-order valence-electron chi connectivity index (χ3n) is 4.61. The van der Waals surface area contributed by atoms with Crippen molar-refractivity contribution in [2.24, 2.45) is 5.92 Å². The van der Waals surface area contributed by atoms with E-state index in [1.807, 2.05) is 36.4 Å². The molecule has 0 amide bonds. The molecule has 2 aromatic carbocycles. The van der Waals surface area contributed by atoms with Gasteiger partial charge in [-0.2, -0.15) is 5.26 Å². The Balaban J connectivity index is 1.63. The summed E-state index contributed by atoms with van der Waals surface area (Å²) in [6, 6.07) is 17.7. The Hall–Kier alpha value is -2.33. The largest absolute Gasteiger partial charge is 0.481 e. The van der Waals surface area contributed by atoms with Crippen molar-refractivity contribution in [2.75, 3.05) is 13.1 Å². The van der Waals surface area contributed by atoms with Crippen LogP contribution in [0.3, 0.4) is 0 Å². The van der Waals surface area contributed by atoms with E-state index in [4.69, 9.17) is 5.26 Å². The number of aliphatic carboxylic acids is 1. The molecule has 2 aromatic rings. The van der Waals surface area contributed by atoms with Gasteiger partial charge in [0.25, 0.3) is 0 Å². The van der Waals surface area contributed by atoms with Crippen molar-refractivity contribution in [3.8, 4) is 6.07 Å². The number of nitriles is 1. The monoisotopic (exact) mass is 367 g/mol. The Labute approximate surface area is 157 Å². The lowest BCUT2D eigenvalue weighted by atomic mass is 9.81. The molecule has 0 saturated carbocycles. The number of rotatable bonds is 6. The minimum absolute atomic E-state index is 0.00108. The van der Waals surface area contributed by atoms with Gasteiger partial charge < -0.3 is 10.4 Å². The van der Waals surface area contributed by atoms with E-state index in [0.29, 0.717) is 25.1 Å². The van der Waals surface area contributed by atoms with Crippen molar-refractivity contribution in [1.29, 1.82) is 5.26 Å². The van der Waals surface area contributed by atoms with Gasteiger partial charge >= 0.3 is 5.97 Å². The molecule has 6 heteroatoms. The average molecular weight is 367 g/mol. The first-order chi connectivity index (χ1) is 12.7. The summed E-state index contributed by atoms with van der Waals surface area (Å²) in [5.74, 6) is -1.04. The summed E-state index contributed by atoms with van der Waals surface area (Å²) in [6.45, 7) is 2.11. The number of carbonyl (C=O) groups is 1. The number of hydrogen-bond donors (Lipinski definition) is 3. The van der Waals surface area contributed by atoms with Crippen LogP contribution in [0, 0.1) is 17.2 Å². The summed E-state index contributed by atoms with van der Waals surface area (Å²) in [4.78, 5) is 12.5. The first kappa shape index (κ1) is 18.5. The maximum absolute atomic E-state index is 11.5. The lowest BCUT2D eigenvalue weighted by Crippen LogP contribution is -2.38. The summed E-state index contributed by atoms with van der Waals surface area (Å²) in [5.41, 5.74) is 2.82. The summed E-state index contributed by atoms with van der Waals surface area (Å²) in [5, 5.41) is 21.7. The van der Waals surface area contributed by atoms with E-state index in [1.165, 1.54) is 11.9 Å². The van der Waals surface area contributed by atoms with Crippen molar-refractivity contribution < 1.29 is 9.90 Å². The van der Waals surface area contributed by atoms with E-state index in [-0.39, 0.29) is 11.8 Å². The molecule has 3 N–H and O–H groups in total. The van der Waals surface area contributed by atoms with Crippen LogP contribution in [0.5, 0.6) is 0 Å². The van der Waals surface area contributed by atoms with Crippen LogP contribution < -0.4 is 10.0 Å². The van der Waals surface area contributed by atoms with Crippen LogP contribution in [0.4, 0.5) is 0 Å². The zero-order valence-electron chi connectivity index (χ0n) is 14.3. The summed E-state index contributed by atoms with van der Waals surface area (Å²) < 4.78 is 3.31. The fraction of sp³-hybridized carbons (Fsp3) is 0.300. The first-order valence-corrected chi connectivity index (χ1v) is 9.41. The van der Waals surface area contributed by atoms with Crippen molar-refractivity contribution in [1.82, 2.24) is 10.0 Å². The minimum Gasteiger partial charge on any atom is -0.481 e. The van der Waals surface area contributed by atoms with Crippen LogP contribution in [0.25, 0.3) is 0 Å². The maximum Gasteiger partial charge on any atom is 0.307 e. The molecular weight excluding hydrogens is 346 g/mol. The zero-order valence-corrected chi connectivity index (χ0v) is 15.1. The summed E-state index contributed by atoms with van der Waals surface area (Å²) in [6.07, 6.45) is 0.660. The van der Waals surface area contributed by atoms with Gasteiger partial charge in [-0.25, -0.2) is 0 Å². The minimum atomic E-state index is -0.715. The molecule has 0 bridgehead atoms. The second kappa shape index (κ2) is 8.86. The van der Waals surface area contributed by atoms with Gasteiger partial charge in [0.15, 0.2) is 0 Å². The highest BCUT2D eigenvalue weighted by atomic mass is 32.2. The van der Waals surface area contributed by atoms with Crippen molar-refractivity contribution >= 4 is 17.9 Å². The predicted molar refractivity (Wildman–Crippen MR) is 102 cm³/mol. The molecule has 1 aliphatic heterocycles. The third-order valence-corrected chi connectivity index (χ3v) is 5.39. The smallest absolute Gasteiger partial charge is 0.307 e. The molecule has 134 valence electrons. The highest BCUT2D eigenvalue weighted by Gasteiger charge is 2.31. The van der Waals surface area contributed by atoms with Crippen molar-refractivity contribution in [3.05, 3.63) is 65.2 Å². The fourth-order valence-corrected chi connectivity index (χ4v) is 4.01. The Morgan fingerprint density at radius 1 is 1.31 bits per heavy atom. The fourth-order valence-electron chi connectivity index (χ4n) is 3.27. The van der Waals surface area contributed by atoms with E-state index in [2.05, 4.69) is 22.2 Å². The molecule has 1 aliphatic rings. The van der Waals surface area contributed by atoms with E-state index >= 15 is 0 Å². The molecule has 0 spiro atoms. The molecule has 3 rings (SSSR count). The highest BCUT2D eigenvalue weighted by molar-refractivity contribution is 7.97. The molecule has 1 heterocycles.